The molecule has 0 unspecified atom stereocenters. The molecule has 2 aromatic rings. The molecule has 0 radical (unpaired) electrons. The fraction of sp³-hybridized carbons (Fsp3) is 0.294. The molecule has 0 aliphatic heterocycles. The number of carbonyl (C=O) groups is 2. The third kappa shape index (κ3) is 3.10. The van der Waals surface area contributed by atoms with Crippen LogP contribution < -0.4 is 10.6 Å². The first-order chi connectivity index (χ1) is 11.0. The van der Waals surface area contributed by atoms with E-state index in [0.717, 1.165) is 5.56 Å². The number of nitrogens with one attached hydrogen (secondary N) is 2. The lowest BCUT2D eigenvalue weighted by Gasteiger charge is -2.16. The lowest BCUT2D eigenvalue weighted by atomic mass is 10.0. The smallest absolute Gasteiger partial charge is 0.240 e. The summed E-state index contributed by atoms with van der Waals surface area (Å²) in [6.45, 7) is 2.10. The van der Waals surface area contributed by atoms with E-state index in [0.29, 0.717) is 29.3 Å². The molecule has 6 heteroatoms. The van der Waals surface area contributed by atoms with Crippen LogP contribution in [-0.4, -0.2) is 11.8 Å². The zero-order chi connectivity index (χ0) is 16.4. The van der Waals surface area contributed by atoms with Crippen molar-refractivity contribution in [2.45, 2.75) is 26.3 Å². The van der Waals surface area contributed by atoms with Crippen molar-refractivity contribution in [3.63, 3.8) is 0 Å². The summed E-state index contributed by atoms with van der Waals surface area (Å²) in [6, 6.07) is 8.82. The SMILES string of the molecule is Cc1c(Cl)cccc1NC(=O)C1(C(=O)NCc2ccco2)CC1. The predicted molar refractivity (Wildman–Crippen MR) is 87.0 cm³/mol. The topological polar surface area (TPSA) is 71.3 Å². The first kappa shape index (κ1) is 15.6. The van der Waals surface area contributed by atoms with Crippen LogP contribution in [0.2, 0.25) is 5.02 Å². The van der Waals surface area contributed by atoms with Crippen molar-refractivity contribution in [1.29, 1.82) is 0 Å². The Kier molecular flexibility index (Phi) is 4.13. The Morgan fingerprint density at radius 2 is 2.00 bits per heavy atom. The van der Waals surface area contributed by atoms with Crippen molar-refractivity contribution < 1.29 is 14.0 Å². The molecule has 0 saturated heterocycles. The molecule has 1 aromatic heterocycles. The Morgan fingerprint density at radius 3 is 2.65 bits per heavy atom. The molecule has 3 rings (SSSR count). The number of hydrogen-bond donors (Lipinski definition) is 2. The first-order valence-electron chi connectivity index (χ1n) is 7.40. The number of benzene rings is 1. The lowest BCUT2D eigenvalue weighted by molar-refractivity contribution is -0.134. The number of rotatable bonds is 5. The molecule has 1 aliphatic rings. The summed E-state index contributed by atoms with van der Waals surface area (Å²) >= 11 is 6.06. The van der Waals surface area contributed by atoms with Crippen LogP contribution in [-0.2, 0) is 16.1 Å². The molecule has 1 aromatic carbocycles. The number of halogens is 1. The van der Waals surface area contributed by atoms with E-state index in [4.69, 9.17) is 16.0 Å². The van der Waals surface area contributed by atoms with Gasteiger partial charge in [-0.1, -0.05) is 17.7 Å². The van der Waals surface area contributed by atoms with Gasteiger partial charge < -0.3 is 15.1 Å². The van der Waals surface area contributed by atoms with Crippen LogP contribution in [0.25, 0.3) is 0 Å². The molecule has 2 N–H and O–H groups in total. The minimum Gasteiger partial charge on any atom is -0.467 e. The predicted octanol–water partition coefficient (Wildman–Crippen LogP) is 3.28. The highest BCUT2D eigenvalue weighted by atomic mass is 35.5. The average Bonchev–Trinajstić information content (AvgIpc) is 3.19. The van der Waals surface area contributed by atoms with Gasteiger partial charge in [-0.25, -0.2) is 0 Å². The normalized spacial score (nSPS) is 15.0. The maximum Gasteiger partial charge on any atom is 0.240 e. The van der Waals surface area contributed by atoms with Crippen molar-refractivity contribution in [3.8, 4) is 0 Å². The molecule has 0 bridgehead atoms. The number of carbonyl (C=O) groups excluding carboxylic acids is 2. The van der Waals surface area contributed by atoms with Gasteiger partial charge in [0, 0.05) is 10.7 Å². The van der Waals surface area contributed by atoms with E-state index in [1.54, 1.807) is 36.6 Å². The second kappa shape index (κ2) is 6.08. The van der Waals surface area contributed by atoms with Crippen molar-refractivity contribution in [1.82, 2.24) is 5.32 Å². The molecular formula is C17H17ClN2O3. The number of anilines is 1. The van der Waals surface area contributed by atoms with Gasteiger partial charge >= 0.3 is 0 Å². The van der Waals surface area contributed by atoms with Crippen molar-refractivity contribution in [2.24, 2.45) is 5.41 Å². The van der Waals surface area contributed by atoms with Crippen molar-refractivity contribution in [3.05, 3.63) is 52.9 Å². The van der Waals surface area contributed by atoms with Crippen LogP contribution in [0, 0.1) is 12.3 Å². The number of amides is 2. The van der Waals surface area contributed by atoms with Gasteiger partial charge in [0.2, 0.25) is 11.8 Å². The highest BCUT2D eigenvalue weighted by molar-refractivity contribution is 6.31. The quantitative estimate of drug-likeness (QED) is 0.825. The molecule has 23 heavy (non-hydrogen) atoms. The standard InChI is InChI=1S/C17H17ClN2O3/c1-11-13(18)5-2-6-14(11)20-16(22)17(7-8-17)15(21)19-10-12-4-3-9-23-12/h2-6,9H,7-8,10H2,1H3,(H,19,21)(H,20,22). The van der Waals surface area contributed by atoms with Crippen LogP contribution in [0.5, 0.6) is 0 Å². The van der Waals surface area contributed by atoms with Crippen molar-refractivity contribution >= 4 is 29.1 Å². The zero-order valence-corrected chi connectivity index (χ0v) is 13.4. The van der Waals surface area contributed by atoms with E-state index in [9.17, 15) is 9.59 Å². The summed E-state index contributed by atoms with van der Waals surface area (Å²) in [5.74, 6) is 0.0890. The maximum atomic E-state index is 12.5. The molecule has 0 spiro atoms. The van der Waals surface area contributed by atoms with Crippen molar-refractivity contribution in [2.75, 3.05) is 5.32 Å². The minimum absolute atomic E-state index is 0.272. The highest BCUT2D eigenvalue weighted by Crippen LogP contribution is 2.47. The largest absolute Gasteiger partial charge is 0.467 e. The molecule has 5 nitrogen and oxygen atoms in total. The van der Waals surface area contributed by atoms with E-state index in [1.165, 1.54) is 0 Å². The highest BCUT2D eigenvalue weighted by Gasteiger charge is 2.56. The van der Waals surface area contributed by atoms with Gasteiger partial charge in [0.15, 0.2) is 0 Å². The fourth-order valence-corrected chi connectivity index (χ4v) is 2.59. The zero-order valence-electron chi connectivity index (χ0n) is 12.7. The summed E-state index contributed by atoms with van der Waals surface area (Å²) in [6.07, 6.45) is 2.63. The van der Waals surface area contributed by atoms with Gasteiger partial charge in [-0.05, 0) is 49.6 Å². The third-order valence-corrected chi connectivity index (χ3v) is 4.55. The maximum absolute atomic E-state index is 12.5. The Balaban J connectivity index is 1.66. The first-order valence-corrected chi connectivity index (χ1v) is 7.78. The molecule has 0 atom stereocenters. The summed E-state index contributed by atoms with van der Waals surface area (Å²) < 4.78 is 5.17. The molecule has 1 heterocycles. The Bertz CT molecular complexity index is 736. The lowest BCUT2D eigenvalue weighted by Crippen LogP contribution is -2.39. The van der Waals surface area contributed by atoms with E-state index >= 15 is 0 Å². The summed E-state index contributed by atoms with van der Waals surface area (Å²) in [7, 11) is 0. The van der Waals surface area contributed by atoms with Gasteiger partial charge in [-0.15, -0.1) is 0 Å². The second-order valence-corrected chi connectivity index (χ2v) is 6.12. The third-order valence-electron chi connectivity index (χ3n) is 4.14. The summed E-state index contributed by atoms with van der Waals surface area (Å²) in [5, 5.41) is 6.16. The number of furan rings is 1. The Hall–Kier alpha value is -2.27. The van der Waals surface area contributed by atoms with Gasteiger partial charge in [0.1, 0.15) is 11.2 Å². The van der Waals surface area contributed by atoms with Crippen LogP contribution in [0.1, 0.15) is 24.2 Å². The van der Waals surface area contributed by atoms with Crippen LogP contribution in [0.3, 0.4) is 0 Å². The van der Waals surface area contributed by atoms with E-state index in [1.807, 2.05) is 6.92 Å². The number of hydrogen-bond acceptors (Lipinski definition) is 3. The summed E-state index contributed by atoms with van der Waals surface area (Å²) in [5.41, 5.74) is 0.434. The Labute approximate surface area is 139 Å². The monoisotopic (exact) mass is 332 g/mol. The fourth-order valence-electron chi connectivity index (χ4n) is 2.42. The second-order valence-electron chi connectivity index (χ2n) is 5.71. The van der Waals surface area contributed by atoms with Crippen LogP contribution in [0.4, 0.5) is 5.69 Å². The molecule has 2 amide bonds. The van der Waals surface area contributed by atoms with Gasteiger partial charge in [0.05, 0.1) is 12.8 Å². The van der Waals surface area contributed by atoms with Gasteiger partial charge in [-0.3, -0.25) is 9.59 Å². The molecular weight excluding hydrogens is 316 g/mol. The molecule has 120 valence electrons. The van der Waals surface area contributed by atoms with Crippen LogP contribution in [0.15, 0.2) is 41.0 Å². The van der Waals surface area contributed by atoms with E-state index < -0.39 is 5.41 Å². The summed E-state index contributed by atoms with van der Waals surface area (Å²) in [4.78, 5) is 24.9. The Morgan fingerprint density at radius 1 is 1.22 bits per heavy atom. The molecule has 1 saturated carbocycles. The van der Waals surface area contributed by atoms with Crippen LogP contribution >= 0.6 is 11.6 Å². The van der Waals surface area contributed by atoms with E-state index in [-0.39, 0.29) is 18.4 Å². The van der Waals surface area contributed by atoms with E-state index in [2.05, 4.69) is 10.6 Å². The molecule has 1 aliphatic carbocycles. The minimum atomic E-state index is -0.985. The molecule has 1 fully saturated rings. The van der Waals surface area contributed by atoms with Gasteiger partial charge in [-0.2, -0.15) is 0 Å². The van der Waals surface area contributed by atoms with Gasteiger partial charge in [0.25, 0.3) is 0 Å². The average molecular weight is 333 g/mol.